The Morgan fingerprint density at radius 3 is 2.25 bits per heavy atom. The van der Waals surface area contributed by atoms with Crippen LogP contribution < -0.4 is 0 Å². The molecular weight excluding hydrogens is 356 g/mol. The van der Waals surface area contributed by atoms with E-state index in [1.165, 1.54) is 13.8 Å². The Kier molecular flexibility index (Phi) is 4.86. The van der Waals surface area contributed by atoms with Crippen molar-refractivity contribution in [2.45, 2.75) is 91.3 Å². The Hall–Kier alpha value is -1.39. The van der Waals surface area contributed by atoms with Gasteiger partial charge in [-0.25, -0.2) is 0 Å². The van der Waals surface area contributed by atoms with Crippen LogP contribution in [-0.2, 0) is 23.9 Å². The number of Topliss-reactive ketones (excluding diaryl/α,β-unsaturated/α-hetero) is 1. The molecule has 0 aromatic rings. The highest BCUT2D eigenvalue weighted by atomic mass is 16.5. The highest BCUT2D eigenvalue weighted by molar-refractivity contribution is 5.89. The van der Waals surface area contributed by atoms with Crippen molar-refractivity contribution in [1.29, 1.82) is 0 Å². The van der Waals surface area contributed by atoms with Gasteiger partial charge in [0.1, 0.15) is 6.10 Å². The van der Waals surface area contributed by atoms with Crippen molar-refractivity contribution < 1.29 is 23.9 Å². The predicted octanol–water partition coefficient (Wildman–Crippen LogP) is 4.07. The fourth-order valence-electron chi connectivity index (χ4n) is 7.68. The summed E-state index contributed by atoms with van der Waals surface area (Å²) in [5.41, 5.74) is 0.0610. The van der Waals surface area contributed by atoms with Gasteiger partial charge in [0.15, 0.2) is 11.9 Å². The van der Waals surface area contributed by atoms with E-state index in [0.717, 1.165) is 44.9 Å². The lowest BCUT2D eigenvalue weighted by atomic mass is 9.45. The summed E-state index contributed by atoms with van der Waals surface area (Å²) in [5, 5.41) is 0. The van der Waals surface area contributed by atoms with Gasteiger partial charge in [-0.15, -0.1) is 0 Å². The standard InChI is InChI=1S/C23H34O5/c1-13(24)27-16-7-9-22(3)15(11-16)5-6-17-18(22)8-10-23(4)19(17)12-20(26)21(23)28-14(2)25/h15-19,21H,5-12H2,1-4H3/t15-,16-,17+,18-,19-,21+,22-,23-/m0/s1. The topological polar surface area (TPSA) is 69.7 Å². The Bertz CT molecular complexity index is 686. The lowest BCUT2D eigenvalue weighted by Crippen LogP contribution is -2.55. The lowest BCUT2D eigenvalue weighted by molar-refractivity contribution is -0.169. The molecule has 8 atom stereocenters. The summed E-state index contributed by atoms with van der Waals surface area (Å²) in [4.78, 5) is 35.7. The van der Waals surface area contributed by atoms with Crippen LogP contribution in [0.2, 0.25) is 0 Å². The first-order chi connectivity index (χ1) is 13.1. The van der Waals surface area contributed by atoms with Crippen molar-refractivity contribution in [1.82, 2.24) is 0 Å². The molecule has 4 fully saturated rings. The zero-order valence-corrected chi connectivity index (χ0v) is 17.7. The third kappa shape index (κ3) is 3.00. The van der Waals surface area contributed by atoms with Crippen molar-refractivity contribution in [3.05, 3.63) is 0 Å². The van der Waals surface area contributed by atoms with Crippen molar-refractivity contribution in [2.24, 2.45) is 34.5 Å². The summed E-state index contributed by atoms with van der Waals surface area (Å²) < 4.78 is 11.1. The van der Waals surface area contributed by atoms with Crippen LogP contribution in [0.25, 0.3) is 0 Å². The average molecular weight is 391 g/mol. The van der Waals surface area contributed by atoms with Crippen LogP contribution in [0, 0.1) is 34.5 Å². The summed E-state index contributed by atoms with van der Waals surface area (Å²) in [6.07, 6.45) is 7.46. The quantitative estimate of drug-likeness (QED) is 0.665. The van der Waals surface area contributed by atoms with Crippen LogP contribution in [0.15, 0.2) is 0 Å². The average Bonchev–Trinajstić information content (AvgIpc) is 2.85. The van der Waals surface area contributed by atoms with E-state index in [1.807, 2.05) is 0 Å². The first-order valence-corrected chi connectivity index (χ1v) is 11.0. The number of ether oxygens (including phenoxy) is 2. The molecule has 4 saturated carbocycles. The third-order valence-electron chi connectivity index (χ3n) is 8.98. The van der Waals surface area contributed by atoms with Crippen molar-refractivity contribution >= 4 is 17.7 Å². The van der Waals surface area contributed by atoms with Gasteiger partial charge in [-0.05, 0) is 74.0 Å². The fourth-order valence-corrected chi connectivity index (χ4v) is 7.68. The van der Waals surface area contributed by atoms with E-state index in [1.54, 1.807) is 0 Å². The van der Waals surface area contributed by atoms with Gasteiger partial charge in [-0.2, -0.15) is 0 Å². The summed E-state index contributed by atoms with van der Waals surface area (Å²) >= 11 is 0. The van der Waals surface area contributed by atoms with Gasteiger partial charge < -0.3 is 9.47 Å². The summed E-state index contributed by atoms with van der Waals surface area (Å²) in [6, 6.07) is 0. The maximum Gasteiger partial charge on any atom is 0.303 e. The largest absolute Gasteiger partial charge is 0.463 e. The highest BCUT2D eigenvalue weighted by Crippen LogP contribution is 2.66. The molecule has 0 spiro atoms. The number of hydrogen-bond acceptors (Lipinski definition) is 5. The number of rotatable bonds is 2. The Morgan fingerprint density at radius 1 is 0.893 bits per heavy atom. The second-order valence-corrected chi connectivity index (χ2v) is 10.4. The number of hydrogen-bond donors (Lipinski definition) is 0. The second-order valence-electron chi connectivity index (χ2n) is 10.4. The molecule has 28 heavy (non-hydrogen) atoms. The monoisotopic (exact) mass is 390 g/mol. The first-order valence-electron chi connectivity index (χ1n) is 11.0. The van der Waals surface area contributed by atoms with E-state index in [9.17, 15) is 14.4 Å². The molecule has 0 heterocycles. The zero-order chi connectivity index (χ0) is 20.3. The number of ketones is 1. The molecule has 0 bridgehead atoms. The third-order valence-corrected chi connectivity index (χ3v) is 8.98. The molecule has 0 N–H and O–H groups in total. The second kappa shape index (κ2) is 6.84. The number of esters is 2. The van der Waals surface area contributed by atoms with E-state index in [2.05, 4.69) is 13.8 Å². The minimum Gasteiger partial charge on any atom is -0.463 e. The van der Waals surface area contributed by atoms with E-state index in [4.69, 9.17) is 9.47 Å². The molecule has 0 radical (unpaired) electrons. The van der Waals surface area contributed by atoms with E-state index < -0.39 is 6.10 Å². The van der Waals surface area contributed by atoms with Gasteiger partial charge in [0, 0.05) is 25.7 Å². The number of carbonyl (C=O) groups is 3. The fraction of sp³-hybridized carbons (Fsp3) is 0.870. The SMILES string of the molecule is CC(=O)O[C@H]1CC[C@@]2(C)[C@@H](CC[C@@H]3[C@@H]2CC[C@]2(C)[C@H](OC(C)=O)C(=O)C[C@@H]32)C1. The maximum atomic E-state index is 12.7. The molecule has 0 aromatic heterocycles. The van der Waals surface area contributed by atoms with Crippen molar-refractivity contribution in [3.63, 3.8) is 0 Å². The normalized spacial score (nSPS) is 47.5. The Morgan fingerprint density at radius 2 is 1.57 bits per heavy atom. The van der Waals surface area contributed by atoms with Gasteiger partial charge in [0.25, 0.3) is 0 Å². The molecule has 0 aliphatic heterocycles. The molecule has 5 nitrogen and oxygen atoms in total. The van der Waals surface area contributed by atoms with E-state index >= 15 is 0 Å². The predicted molar refractivity (Wildman–Crippen MR) is 103 cm³/mol. The van der Waals surface area contributed by atoms with Crippen LogP contribution in [0.1, 0.15) is 79.1 Å². The van der Waals surface area contributed by atoms with E-state index in [0.29, 0.717) is 30.1 Å². The van der Waals surface area contributed by atoms with Crippen molar-refractivity contribution in [2.75, 3.05) is 0 Å². The summed E-state index contributed by atoms with van der Waals surface area (Å²) in [6.45, 7) is 7.53. The van der Waals surface area contributed by atoms with Gasteiger partial charge in [0.05, 0.1) is 0 Å². The van der Waals surface area contributed by atoms with E-state index in [-0.39, 0.29) is 34.7 Å². The molecule has 0 aromatic carbocycles. The van der Waals surface area contributed by atoms with Crippen LogP contribution in [0.3, 0.4) is 0 Å². The van der Waals surface area contributed by atoms with Gasteiger partial charge in [-0.3, -0.25) is 14.4 Å². The minimum absolute atomic E-state index is 0.0717. The first kappa shape index (κ1) is 19.9. The number of fused-ring (bicyclic) bond motifs is 5. The Labute approximate surface area is 167 Å². The molecular formula is C23H34O5. The molecule has 5 heteroatoms. The van der Waals surface area contributed by atoms with Gasteiger partial charge in [0.2, 0.25) is 0 Å². The molecule has 0 amide bonds. The van der Waals surface area contributed by atoms with Crippen molar-refractivity contribution in [3.8, 4) is 0 Å². The summed E-state index contributed by atoms with van der Waals surface area (Å²) in [7, 11) is 0. The van der Waals surface area contributed by atoms with Gasteiger partial charge >= 0.3 is 11.9 Å². The van der Waals surface area contributed by atoms with Crippen LogP contribution >= 0.6 is 0 Å². The minimum atomic E-state index is -0.554. The zero-order valence-electron chi connectivity index (χ0n) is 17.7. The molecule has 4 aliphatic rings. The lowest BCUT2D eigenvalue weighted by Gasteiger charge is -2.60. The molecule has 156 valence electrons. The smallest absolute Gasteiger partial charge is 0.303 e. The van der Waals surface area contributed by atoms with Crippen LogP contribution in [-0.4, -0.2) is 29.9 Å². The van der Waals surface area contributed by atoms with Crippen LogP contribution in [0.4, 0.5) is 0 Å². The Balaban J connectivity index is 1.54. The molecule has 4 rings (SSSR count). The highest BCUT2D eigenvalue weighted by Gasteiger charge is 2.63. The number of carbonyl (C=O) groups excluding carboxylic acids is 3. The molecule has 0 saturated heterocycles. The molecule has 0 unspecified atom stereocenters. The summed E-state index contributed by atoms with van der Waals surface area (Å²) in [5.74, 6) is 1.68. The van der Waals surface area contributed by atoms with Crippen LogP contribution in [0.5, 0.6) is 0 Å². The van der Waals surface area contributed by atoms with Gasteiger partial charge in [-0.1, -0.05) is 13.8 Å². The molecule has 4 aliphatic carbocycles. The maximum absolute atomic E-state index is 12.7.